The molecule has 7 nitrogen and oxygen atoms in total. The number of hydrogen-bond donors (Lipinski definition) is 2. The van der Waals surface area contributed by atoms with Crippen LogP contribution in [0.2, 0.25) is 13.1 Å². The standard InChI is InChI=1S/C15H25FN2O5Si/c1-14(2,3)22-10-6-15(24(4)5,23-11(10)8-19)18-7-9(16)12(20)17-13(18)21/h7,10-11,19,24H,6,8H2,1-5H3,(H,17,20,21)/t10-,11+,15-/m0/s1. The normalized spacial score (nSPS) is 27.8. The average Bonchev–Trinajstić information content (AvgIpc) is 2.80. The van der Waals surface area contributed by atoms with Gasteiger partial charge in [-0.15, -0.1) is 0 Å². The van der Waals surface area contributed by atoms with Gasteiger partial charge in [0.15, 0.2) is 0 Å². The first-order valence-electron chi connectivity index (χ1n) is 7.98. The van der Waals surface area contributed by atoms with Gasteiger partial charge < -0.3 is 14.6 Å². The van der Waals surface area contributed by atoms with Crippen molar-refractivity contribution in [3.05, 3.63) is 32.9 Å². The Hall–Kier alpha value is -1.29. The number of aliphatic hydroxyl groups is 1. The zero-order chi connectivity index (χ0) is 18.3. The lowest BCUT2D eigenvalue weighted by Crippen LogP contribution is -2.52. The zero-order valence-electron chi connectivity index (χ0n) is 14.6. The molecule has 9 heteroatoms. The summed E-state index contributed by atoms with van der Waals surface area (Å²) in [5.74, 6) is -1.05. The van der Waals surface area contributed by atoms with Crippen LogP contribution in [-0.2, 0) is 14.8 Å². The second kappa shape index (κ2) is 6.55. The largest absolute Gasteiger partial charge is 0.394 e. The Morgan fingerprint density at radius 3 is 2.62 bits per heavy atom. The summed E-state index contributed by atoms with van der Waals surface area (Å²) in [7, 11) is -1.75. The molecule has 1 aromatic heterocycles. The molecule has 1 aliphatic rings. The Labute approximate surface area is 141 Å². The summed E-state index contributed by atoms with van der Waals surface area (Å²) < 4.78 is 26.9. The van der Waals surface area contributed by atoms with Crippen molar-refractivity contribution in [1.29, 1.82) is 0 Å². The molecule has 0 spiro atoms. The third-order valence-electron chi connectivity index (χ3n) is 4.16. The van der Waals surface area contributed by atoms with Crippen LogP contribution < -0.4 is 11.2 Å². The maximum absolute atomic E-state index is 13.8. The highest BCUT2D eigenvalue weighted by molar-refractivity contribution is 6.58. The Balaban J connectivity index is 2.52. The highest BCUT2D eigenvalue weighted by atomic mass is 28.3. The third kappa shape index (κ3) is 3.53. The lowest BCUT2D eigenvalue weighted by Gasteiger charge is -2.34. The van der Waals surface area contributed by atoms with Crippen LogP contribution in [0.3, 0.4) is 0 Å². The molecule has 24 heavy (non-hydrogen) atoms. The van der Waals surface area contributed by atoms with Gasteiger partial charge in [-0.05, 0) is 20.8 Å². The summed E-state index contributed by atoms with van der Waals surface area (Å²) in [5.41, 5.74) is -2.25. The van der Waals surface area contributed by atoms with E-state index >= 15 is 0 Å². The van der Waals surface area contributed by atoms with Gasteiger partial charge >= 0.3 is 5.69 Å². The van der Waals surface area contributed by atoms with Crippen LogP contribution in [-0.4, -0.2) is 47.9 Å². The zero-order valence-corrected chi connectivity index (χ0v) is 15.8. The van der Waals surface area contributed by atoms with Gasteiger partial charge in [-0.1, -0.05) is 13.1 Å². The molecule has 2 N–H and O–H groups in total. The van der Waals surface area contributed by atoms with Crippen molar-refractivity contribution in [3.63, 3.8) is 0 Å². The van der Waals surface area contributed by atoms with Crippen LogP contribution in [0.25, 0.3) is 0 Å². The predicted molar refractivity (Wildman–Crippen MR) is 89.3 cm³/mol. The number of aliphatic hydroxyl groups excluding tert-OH is 1. The van der Waals surface area contributed by atoms with E-state index in [-0.39, 0.29) is 6.61 Å². The molecule has 0 bridgehead atoms. The fraction of sp³-hybridized carbons (Fsp3) is 0.733. The fourth-order valence-electron chi connectivity index (χ4n) is 3.07. The van der Waals surface area contributed by atoms with Crippen molar-refractivity contribution in [3.8, 4) is 0 Å². The number of nitrogens with one attached hydrogen (secondary N) is 1. The predicted octanol–water partition coefficient (Wildman–Crippen LogP) is 0.319. The van der Waals surface area contributed by atoms with E-state index in [1.807, 2.05) is 38.8 Å². The first-order chi connectivity index (χ1) is 11.0. The summed E-state index contributed by atoms with van der Waals surface area (Å²) in [6.07, 6.45) is 0.139. The number of aromatic amines is 1. The van der Waals surface area contributed by atoms with Gasteiger partial charge in [0.2, 0.25) is 5.82 Å². The number of H-pyrrole nitrogens is 1. The van der Waals surface area contributed by atoms with E-state index in [0.717, 1.165) is 10.8 Å². The highest BCUT2D eigenvalue weighted by Gasteiger charge is 2.52. The lowest BCUT2D eigenvalue weighted by molar-refractivity contribution is -0.113. The molecule has 1 aromatic rings. The van der Waals surface area contributed by atoms with Crippen molar-refractivity contribution < 1.29 is 19.0 Å². The Bertz CT molecular complexity index is 711. The monoisotopic (exact) mass is 360 g/mol. The number of nitrogens with zero attached hydrogens (tertiary/aromatic N) is 1. The van der Waals surface area contributed by atoms with Gasteiger partial charge in [0.05, 0.1) is 33.3 Å². The number of aromatic nitrogens is 2. The Kier molecular flexibility index (Phi) is 5.19. The van der Waals surface area contributed by atoms with Gasteiger partial charge in [0.25, 0.3) is 5.56 Å². The van der Waals surface area contributed by atoms with Crippen LogP contribution in [0.4, 0.5) is 4.39 Å². The van der Waals surface area contributed by atoms with Crippen molar-refractivity contribution in [2.24, 2.45) is 0 Å². The van der Waals surface area contributed by atoms with E-state index in [0.29, 0.717) is 6.42 Å². The van der Waals surface area contributed by atoms with Crippen LogP contribution in [0, 0.1) is 5.82 Å². The SMILES string of the molecule is C[SiH](C)[C@]1(n2cc(F)c(=O)[nH]c2=O)C[C@H](OC(C)(C)C)[C@@H](CO)O1. The minimum absolute atomic E-state index is 0.274. The van der Waals surface area contributed by atoms with Gasteiger partial charge in [-0.3, -0.25) is 14.3 Å². The van der Waals surface area contributed by atoms with Crippen molar-refractivity contribution in [1.82, 2.24) is 9.55 Å². The maximum Gasteiger partial charge on any atom is 0.330 e. The first kappa shape index (κ1) is 19.0. The maximum atomic E-state index is 13.8. The number of halogens is 1. The molecule has 0 radical (unpaired) electrons. The smallest absolute Gasteiger partial charge is 0.330 e. The molecule has 136 valence electrons. The van der Waals surface area contributed by atoms with Gasteiger partial charge in [0.1, 0.15) is 11.5 Å². The summed E-state index contributed by atoms with van der Waals surface area (Å²) >= 11 is 0. The number of rotatable bonds is 4. The molecule has 1 saturated heterocycles. The van der Waals surface area contributed by atoms with E-state index in [2.05, 4.69) is 0 Å². The topological polar surface area (TPSA) is 93.6 Å². The molecule has 0 unspecified atom stereocenters. The molecule has 3 atom stereocenters. The first-order valence-corrected chi connectivity index (χ1v) is 10.9. The molecule has 1 fully saturated rings. The van der Waals surface area contributed by atoms with Crippen molar-refractivity contribution in [2.75, 3.05) is 6.61 Å². The second-order valence-electron chi connectivity index (χ2n) is 7.42. The Morgan fingerprint density at radius 2 is 2.12 bits per heavy atom. The van der Waals surface area contributed by atoms with Crippen LogP contribution in [0.15, 0.2) is 15.8 Å². The quantitative estimate of drug-likeness (QED) is 0.754. The van der Waals surface area contributed by atoms with Crippen LogP contribution in [0.5, 0.6) is 0 Å². The molecular weight excluding hydrogens is 335 g/mol. The molecule has 1 aliphatic heterocycles. The molecule has 0 saturated carbocycles. The van der Waals surface area contributed by atoms with Gasteiger partial charge in [-0.25, -0.2) is 4.79 Å². The molecule has 0 aliphatic carbocycles. The van der Waals surface area contributed by atoms with E-state index in [1.54, 1.807) is 0 Å². The van der Waals surface area contributed by atoms with Crippen molar-refractivity contribution >= 4 is 8.80 Å². The number of hydrogen-bond acceptors (Lipinski definition) is 5. The van der Waals surface area contributed by atoms with Crippen molar-refractivity contribution in [2.45, 2.75) is 63.4 Å². The average molecular weight is 360 g/mol. The summed E-state index contributed by atoms with van der Waals surface area (Å²) in [6, 6.07) is 0. The molecule has 2 rings (SSSR count). The van der Waals surface area contributed by atoms with Gasteiger partial charge in [0, 0.05) is 6.42 Å². The second-order valence-corrected chi connectivity index (χ2v) is 10.6. The minimum atomic E-state index is -1.75. The van der Waals surface area contributed by atoms with Crippen LogP contribution in [0.1, 0.15) is 27.2 Å². The van der Waals surface area contributed by atoms with E-state index in [1.165, 1.54) is 0 Å². The van der Waals surface area contributed by atoms with Crippen LogP contribution >= 0.6 is 0 Å². The minimum Gasteiger partial charge on any atom is -0.394 e. The summed E-state index contributed by atoms with van der Waals surface area (Å²) in [5, 5.41) is 8.58. The third-order valence-corrected chi connectivity index (χ3v) is 6.61. The molecule has 2 heterocycles. The van der Waals surface area contributed by atoms with E-state index < -0.39 is 49.0 Å². The molecular formula is C15H25FN2O5Si. The van der Waals surface area contributed by atoms with E-state index in [9.17, 15) is 19.1 Å². The van der Waals surface area contributed by atoms with E-state index in [4.69, 9.17) is 9.47 Å². The fourth-order valence-corrected chi connectivity index (χ4v) is 4.97. The lowest BCUT2D eigenvalue weighted by atomic mass is 10.1. The highest BCUT2D eigenvalue weighted by Crippen LogP contribution is 2.39. The summed E-state index contributed by atoms with van der Waals surface area (Å²) in [6.45, 7) is 9.32. The number of ether oxygens (including phenoxy) is 2. The molecule has 0 amide bonds. The van der Waals surface area contributed by atoms with Gasteiger partial charge in [-0.2, -0.15) is 4.39 Å². The Morgan fingerprint density at radius 1 is 1.50 bits per heavy atom. The molecule has 0 aromatic carbocycles. The summed E-state index contributed by atoms with van der Waals surface area (Å²) in [4.78, 5) is 25.5.